The number of nitrogens with one attached hydrogen (secondary N) is 1. The summed E-state index contributed by atoms with van der Waals surface area (Å²) in [5, 5.41) is 2.89. The van der Waals surface area contributed by atoms with Crippen LogP contribution in [0.15, 0.2) is 23.1 Å². The Morgan fingerprint density at radius 2 is 1.62 bits per heavy atom. The van der Waals surface area contributed by atoms with Crippen molar-refractivity contribution in [1.82, 2.24) is 19.4 Å². The van der Waals surface area contributed by atoms with Crippen LogP contribution >= 0.6 is 0 Å². The van der Waals surface area contributed by atoms with Crippen molar-refractivity contribution in [2.24, 2.45) is 0 Å². The first-order valence-electron chi connectivity index (χ1n) is 12.5. The van der Waals surface area contributed by atoms with Crippen LogP contribution < -0.4 is 10.2 Å². The van der Waals surface area contributed by atoms with E-state index >= 15 is 0 Å². The van der Waals surface area contributed by atoms with Crippen LogP contribution in [0, 0.1) is 0 Å². The minimum atomic E-state index is -3.67. The second-order valence-electron chi connectivity index (χ2n) is 8.88. The second kappa shape index (κ2) is 12.0. The highest BCUT2D eigenvalue weighted by molar-refractivity contribution is 7.89. The summed E-state index contributed by atoms with van der Waals surface area (Å²) in [6.45, 7) is 11.4. The number of nitrogens with zero attached hydrogens (tertiary/aromatic N) is 4. The lowest BCUT2D eigenvalue weighted by Gasteiger charge is -2.35. The number of hydrogen-bond acceptors (Lipinski definition) is 6. The number of rotatable bonds is 10. The first-order valence-corrected chi connectivity index (χ1v) is 13.9. The lowest BCUT2D eigenvalue weighted by atomic mass is 10.1. The maximum atomic E-state index is 13.6. The summed E-state index contributed by atoms with van der Waals surface area (Å²) in [5.41, 5.74) is 1.26. The normalized spacial score (nSPS) is 17.4. The van der Waals surface area contributed by atoms with E-state index in [9.17, 15) is 18.0 Å². The van der Waals surface area contributed by atoms with Gasteiger partial charge in [-0.3, -0.25) is 14.5 Å². The molecule has 34 heavy (non-hydrogen) atoms. The van der Waals surface area contributed by atoms with E-state index in [2.05, 4.69) is 15.1 Å². The number of sulfonamides is 1. The predicted molar refractivity (Wildman–Crippen MR) is 134 cm³/mol. The molecule has 0 atom stereocenters. The van der Waals surface area contributed by atoms with Crippen LogP contribution in [0.4, 0.5) is 5.69 Å². The van der Waals surface area contributed by atoms with Crippen molar-refractivity contribution in [1.29, 1.82) is 0 Å². The van der Waals surface area contributed by atoms with Crippen molar-refractivity contribution in [3.05, 3.63) is 23.8 Å². The van der Waals surface area contributed by atoms with Crippen LogP contribution in [0.25, 0.3) is 0 Å². The van der Waals surface area contributed by atoms with Gasteiger partial charge in [-0.2, -0.15) is 4.31 Å². The van der Waals surface area contributed by atoms with Crippen molar-refractivity contribution in [2.45, 2.75) is 44.9 Å². The molecule has 0 radical (unpaired) electrons. The Morgan fingerprint density at radius 3 is 2.21 bits per heavy atom. The average molecular weight is 494 g/mol. The third kappa shape index (κ3) is 6.09. The number of anilines is 1. The van der Waals surface area contributed by atoms with E-state index in [1.165, 1.54) is 4.31 Å². The van der Waals surface area contributed by atoms with Crippen molar-refractivity contribution in [2.75, 3.05) is 70.3 Å². The summed E-state index contributed by atoms with van der Waals surface area (Å²) in [5.74, 6) is -0.138. The Labute approximate surface area is 204 Å². The maximum Gasteiger partial charge on any atom is 0.256 e. The molecule has 0 spiro atoms. The Morgan fingerprint density at radius 1 is 0.971 bits per heavy atom. The first kappa shape index (κ1) is 26.4. The Balaban J connectivity index is 1.80. The maximum absolute atomic E-state index is 13.6. The van der Waals surface area contributed by atoms with E-state index in [0.717, 1.165) is 38.0 Å². The molecule has 0 aliphatic carbocycles. The molecule has 2 amide bonds. The minimum absolute atomic E-state index is 0.00672. The second-order valence-corrected chi connectivity index (χ2v) is 10.8. The SMILES string of the molecule is CCCNC(=O)CN1CCN(C(=O)c2cc(S(=O)(=O)N(CC)CC)ccc2N2CCCC2)CC1. The smallest absolute Gasteiger partial charge is 0.256 e. The molecule has 0 bridgehead atoms. The molecule has 1 aromatic rings. The zero-order valence-corrected chi connectivity index (χ0v) is 21.6. The molecule has 1 N–H and O–H groups in total. The van der Waals surface area contributed by atoms with Gasteiger partial charge in [-0.15, -0.1) is 0 Å². The van der Waals surface area contributed by atoms with Crippen LogP contribution in [-0.2, 0) is 14.8 Å². The zero-order chi connectivity index (χ0) is 24.7. The fraction of sp³-hybridized carbons (Fsp3) is 0.667. The van der Waals surface area contributed by atoms with Gasteiger partial charge < -0.3 is 15.1 Å². The van der Waals surface area contributed by atoms with Crippen LogP contribution in [0.1, 0.15) is 50.4 Å². The van der Waals surface area contributed by atoms with Crippen LogP contribution in [0.2, 0.25) is 0 Å². The van der Waals surface area contributed by atoms with E-state index in [4.69, 9.17) is 0 Å². The summed E-state index contributed by atoms with van der Waals surface area (Å²) in [6.07, 6.45) is 3.02. The van der Waals surface area contributed by atoms with Gasteiger partial charge in [-0.05, 0) is 37.5 Å². The number of amides is 2. The molecule has 2 heterocycles. The van der Waals surface area contributed by atoms with Gasteiger partial charge in [0.05, 0.1) is 17.0 Å². The topological polar surface area (TPSA) is 93.3 Å². The van der Waals surface area contributed by atoms with E-state index in [0.29, 0.717) is 57.9 Å². The molecule has 0 aromatic heterocycles. The average Bonchev–Trinajstić information content (AvgIpc) is 3.38. The van der Waals surface area contributed by atoms with Crippen LogP contribution in [-0.4, -0.2) is 99.8 Å². The largest absolute Gasteiger partial charge is 0.371 e. The molecular weight excluding hydrogens is 454 g/mol. The minimum Gasteiger partial charge on any atom is -0.371 e. The molecule has 3 rings (SSSR count). The van der Waals surface area contributed by atoms with Gasteiger partial charge in [0.15, 0.2) is 0 Å². The highest BCUT2D eigenvalue weighted by Gasteiger charge is 2.30. The van der Waals surface area contributed by atoms with E-state index in [1.54, 1.807) is 23.1 Å². The molecule has 10 heteroatoms. The highest BCUT2D eigenvalue weighted by atomic mass is 32.2. The lowest BCUT2D eigenvalue weighted by Crippen LogP contribution is -2.51. The van der Waals surface area contributed by atoms with Crippen molar-refractivity contribution in [3.8, 4) is 0 Å². The van der Waals surface area contributed by atoms with Gasteiger partial charge in [0.2, 0.25) is 15.9 Å². The Bertz CT molecular complexity index is 950. The monoisotopic (exact) mass is 493 g/mol. The molecule has 9 nitrogen and oxygen atoms in total. The molecule has 0 unspecified atom stereocenters. The summed E-state index contributed by atoms with van der Waals surface area (Å²) in [7, 11) is -3.67. The fourth-order valence-corrected chi connectivity index (χ4v) is 6.08. The van der Waals surface area contributed by atoms with E-state index in [-0.39, 0.29) is 16.7 Å². The molecule has 2 saturated heterocycles. The Kier molecular flexibility index (Phi) is 9.32. The fourth-order valence-electron chi connectivity index (χ4n) is 4.60. The summed E-state index contributed by atoms with van der Waals surface area (Å²) in [6, 6.07) is 4.99. The van der Waals surface area contributed by atoms with Crippen molar-refractivity contribution in [3.63, 3.8) is 0 Å². The molecular formula is C24H39N5O4S. The van der Waals surface area contributed by atoms with Gasteiger partial charge in [-0.25, -0.2) is 8.42 Å². The van der Waals surface area contributed by atoms with Crippen LogP contribution in [0.5, 0.6) is 0 Å². The van der Waals surface area contributed by atoms with E-state index in [1.807, 2.05) is 20.8 Å². The summed E-state index contributed by atoms with van der Waals surface area (Å²) < 4.78 is 27.7. The van der Waals surface area contributed by atoms with Crippen LogP contribution in [0.3, 0.4) is 0 Å². The summed E-state index contributed by atoms with van der Waals surface area (Å²) >= 11 is 0. The number of piperazine rings is 1. The van der Waals surface area contributed by atoms with Gasteiger partial charge in [-0.1, -0.05) is 20.8 Å². The standard InChI is InChI=1S/C24H39N5O4S/c1-4-11-25-23(30)19-26-14-16-28(17-15-26)24(31)21-18-20(34(32,33)29(5-2)6-3)9-10-22(21)27-12-7-8-13-27/h9-10,18H,4-8,11-17,19H2,1-3H3,(H,25,30). The number of hydrogen-bond donors (Lipinski definition) is 1. The molecule has 2 aliphatic heterocycles. The third-order valence-electron chi connectivity index (χ3n) is 6.59. The van der Waals surface area contributed by atoms with Gasteiger partial charge >= 0.3 is 0 Å². The molecule has 0 saturated carbocycles. The number of carbonyl (C=O) groups excluding carboxylic acids is 2. The van der Waals surface area contributed by atoms with Crippen molar-refractivity contribution >= 4 is 27.5 Å². The number of carbonyl (C=O) groups is 2. The van der Waals surface area contributed by atoms with Gasteiger partial charge in [0, 0.05) is 64.6 Å². The van der Waals surface area contributed by atoms with Gasteiger partial charge in [0.1, 0.15) is 0 Å². The highest BCUT2D eigenvalue weighted by Crippen LogP contribution is 2.30. The molecule has 190 valence electrons. The molecule has 2 fully saturated rings. The summed E-state index contributed by atoms with van der Waals surface area (Å²) in [4.78, 5) is 31.8. The quantitative estimate of drug-likeness (QED) is 0.532. The third-order valence-corrected chi connectivity index (χ3v) is 8.63. The Hall–Kier alpha value is -2.17. The van der Waals surface area contributed by atoms with Crippen molar-refractivity contribution < 1.29 is 18.0 Å². The first-order chi connectivity index (χ1) is 16.3. The predicted octanol–water partition coefficient (Wildman–Crippen LogP) is 1.60. The number of benzene rings is 1. The molecule has 2 aliphatic rings. The van der Waals surface area contributed by atoms with Gasteiger partial charge in [0.25, 0.3) is 5.91 Å². The molecule has 1 aromatic carbocycles. The zero-order valence-electron chi connectivity index (χ0n) is 20.8. The lowest BCUT2D eigenvalue weighted by molar-refractivity contribution is -0.122. The van der Waals surface area contributed by atoms with E-state index < -0.39 is 10.0 Å².